The first kappa shape index (κ1) is 12.0. The van der Waals surface area contributed by atoms with Crippen LogP contribution in [0, 0.1) is 0 Å². The Labute approximate surface area is 91.7 Å². The highest BCUT2D eigenvalue weighted by atomic mass is 16.4. The van der Waals surface area contributed by atoms with E-state index in [4.69, 9.17) is 5.11 Å². The maximum absolute atomic E-state index is 11.4. The van der Waals surface area contributed by atoms with Crippen LogP contribution in [0.3, 0.4) is 0 Å². The molecule has 0 bridgehead atoms. The van der Waals surface area contributed by atoms with Gasteiger partial charge >= 0.3 is 5.97 Å². The molecule has 1 aromatic heterocycles. The summed E-state index contributed by atoms with van der Waals surface area (Å²) in [4.78, 5) is 34.7. The molecule has 0 spiro atoms. The van der Waals surface area contributed by atoms with E-state index in [-0.39, 0.29) is 18.0 Å². The standard InChI is InChI=1S/C10H12N2O4/c1-11(2)9(14)6-12-5-7(10(15)16)3-4-8(12)13/h3-5H,6H2,1-2H3,(H,15,16). The number of likely N-dealkylation sites (N-methyl/N-ethyl adjacent to an activating group) is 1. The third-order valence-electron chi connectivity index (χ3n) is 2.03. The summed E-state index contributed by atoms with van der Waals surface area (Å²) < 4.78 is 1.08. The van der Waals surface area contributed by atoms with Crippen molar-refractivity contribution in [3.63, 3.8) is 0 Å². The number of amides is 1. The summed E-state index contributed by atoms with van der Waals surface area (Å²) in [5.74, 6) is -1.41. The van der Waals surface area contributed by atoms with E-state index < -0.39 is 11.5 Å². The number of carbonyl (C=O) groups is 2. The second-order valence-electron chi connectivity index (χ2n) is 3.48. The molecule has 0 aliphatic carbocycles. The van der Waals surface area contributed by atoms with Crippen molar-refractivity contribution in [2.45, 2.75) is 6.54 Å². The molecule has 0 fully saturated rings. The normalized spacial score (nSPS) is 9.88. The van der Waals surface area contributed by atoms with E-state index in [1.807, 2.05) is 0 Å². The first-order chi connectivity index (χ1) is 7.41. The Balaban J connectivity index is 3.04. The van der Waals surface area contributed by atoms with Crippen molar-refractivity contribution in [1.82, 2.24) is 9.47 Å². The molecule has 0 aliphatic rings. The molecule has 1 N–H and O–H groups in total. The Hall–Kier alpha value is -2.11. The molecule has 1 rings (SSSR count). The average molecular weight is 224 g/mol. The van der Waals surface area contributed by atoms with Gasteiger partial charge in [-0.2, -0.15) is 0 Å². The SMILES string of the molecule is CN(C)C(=O)Cn1cc(C(=O)O)ccc1=O. The smallest absolute Gasteiger partial charge is 0.337 e. The van der Waals surface area contributed by atoms with Gasteiger partial charge in [0.25, 0.3) is 5.56 Å². The first-order valence-corrected chi connectivity index (χ1v) is 4.55. The van der Waals surface area contributed by atoms with Gasteiger partial charge in [0.1, 0.15) is 6.54 Å². The lowest BCUT2D eigenvalue weighted by atomic mass is 10.3. The van der Waals surface area contributed by atoms with Crippen molar-refractivity contribution < 1.29 is 14.7 Å². The number of hydrogen-bond acceptors (Lipinski definition) is 3. The van der Waals surface area contributed by atoms with Gasteiger partial charge in [0.05, 0.1) is 5.56 Å². The molecule has 86 valence electrons. The molecule has 1 aromatic rings. The number of nitrogens with zero attached hydrogens (tertiary/aromatic N) is 2. The summed E-state index contributed by atoms with van der Waals surface area (Å²) >= 11 is 0. The van der Waals surface area contributed by atoms with E-state index in [0.717, 1.165) is 16.8 Å². The second kappa shape index (κ2) is 4.61. The Morgan fingerprint density at radius 2 is 2.00 bits per heavy atom. The van der Waals surface area contributed by atoms with Crippen LogP contribution in [0.4, 0.5) is 0 Å². The maximum Gasteiger partial charge on any atom is 0.337 e. The topological polar surface area (TPSA) is 79.6 Å². The minimum Gasteiger partial charge on any atom is -0.478 e. The Morgan fingerprint density at radius 3 is 2.50 bits per heavy atom. The minimum atomic E-state index is -1.13. The number of carboxylic acid groups (broad SMARTS) is 1. The van der Waals surface area contributed by atoms with E-state index in [0.29, 0.717) is 0 Å². The molecule has 0 aromatic carbocycles. The molecule has 0 saturated heterocycles. The number of rotatable bonds is 3. The lowest BCUT2D eigenvalue weighted by Crippen LogP contribution is -2.31. The Kier molecular flexibility index (Phi) is 3.44. The quantitative estimate of drug-likeness (QED) is 0.760. The number of aromatic carboxylic acids is 1. The zero-order valence-electron chi connectivity index (χ0n) is 9.01. The second-order valence-corrected chi connectivity index (χ2v) is 3.48. The van der Waals surface area contributed by atoms with Crippen molar-refractivity contribution in [2.75, 3.05) is 14.1 Å². The van der Waals surface area contributed by atoms with Gasteiger partial charge in [-0.25, -0.2) is 4.79 Å². The minimum absolute atomic E-state index is 0.0221. The molecule has 0 aliphatic heterocycles. The van der Waals surface area contributed by atoms with E-state index >= 15 is 0 Å². The fourth-order valence-corrected chi connectivity index (χ4v) is 1.07. The number of pyridine rings is 1. The van der Waals surface area contributed by atoms with Crippen LogP contribution in [0.5, 0.6) is 0 Å². The van der Waals surface area contributed by atoms with Crippen molar-refractivity contribution in [3.05, 3.63) is 34.2 Å². The lowest BCUT2D eigenvalue weighted by molar-refractivity contribution is -0.129. The predicted octanol–water partition coefficient (Wildman–Crippen LogP) is -0.365. The Bertz CT molecular complexity index is 476. The number of carbonyl (C=O) groups excluding carboxylic acids is 1. The number of carboxylic acids is 1. The van der Waals surface area contributed by atoms with Crippen LogP contribution in [0.25, 0.3) is 0 Å². The van der Waals surface area contributed by atoms with Crippen molar-refractivity contribution in [1.29, 1.82) is 0 Å². The number of aromatic nitrogens is 1. The highest BCUT2D eigenvalue weighted by molar-refractivity contribution is 5.87. The van der Waals surface area contributed by atoms with Gasteiger partial charge in [0, 0.05) is 26.4 Å². The Morgan fingerprint density at radius 1 is 1.38 bits per heavy atom. The summed E-state index contributed by atoms with van der Waals surface area (Å²) in [5, 5.41) is 8.73. The fourth-order valence-electron chi connectivity index (χ4n) is 1.07. The molecule has 0 unspecified atom stereocenters. The van der Waals surface area contributed by atoms with Crippen molar-refractivity contribution >= 4 is 11.9 Å². The summed E-state index contributed by atoms with van der Waals surface area (Å²) in [7, 11) is 3.13. The van der Waals surface area contributed by atoms with E-state index in [9.17, 15) is 14.4 Å². The van der Waals surface area contributed by atoms with E-state index in [1.54, 1.807) is 14.1 Å². The summed E-state index contributed by atoms with van der Waals surface area (Å²) in [5.41, 5.74) is -0.425. The summed E-state index contributed by atoms with van der Waals surface area (Å²) in [6.07, 6.45) is 1.16. The van der Waals surface area contributed by atoms with Gasteiger partial charge < -0.3 is 14.6 Å². The molecule has 1 heterocycles. The van der Waals surface area contributed by atoms with Crippen LogP contribution >= 0.6 is 0 Å². The molecule has 0 atom stereocenters. The molecule has 6 nitrogen and oxygen atoms in total. The van der Waals surface area contributed by atoms with Crippen LogP contribution in [0.2, 0.25) is 0 Å². The highest BCUT2D eigenvalue weighted by Gasteiger charge is 2.09. The molecule has 0 saturated carbocycles. The molecular formula is C10H12N2O4. The van der Waals surface area contributed by atoms with Crippen LogP contribution in [-0.4, -0.2) is 40.5 Å². The van der Waals surface area contributed by atoms with Gasteiger partial charge in [0.2, 0.25) is 5.91 Å². The van der Waals surface area contributed by atoms with Crippen LogP contribution in [0.15, 0.2) is 23.1 Å². The number of hydrogen-bond donors (Lipinski definition) is 1. The van der Waals surface area contributed by atoms with Crippen LogP contribution in [-0.2, 0) is 11.3 Å². The first-order valence-electron chi connectivity index (χ1n) is 4.55. The lowest BCUT2D eigenvalue weighted by Gasteiger charge is -2.11. The monoisotopic (exact) mass is 224 g/mol. The van der Waals surface area contributed by atoms with Crippen molar-refractivity contribution in [2.24, 2.45) is 0 Å². The fraction of sp³-hybridized carbons (Fsp3) is 0.300. The molecular weight excluding hydrogens is 212 g/mol. The molecule has 16 heavy (non-hydrogen) atoms. The third-order valence-corrected chi connectivity index (χ3v) is 2.03. The predicted molar refractivity (Wildman–Crippen MR) is 56.4 cm³/mol. The molecule has 6 heteroatoms. The van der Waals surface area contributed by atoms with Crippen molar-refractivity contribution in [3.8, 4) is 0 Å². The molecule has 1 amide bonds. The summed E-state index contributed by atoms with van der Waals surface area (Å²) in [6.45, 7) is -0.160. The van der Waals surface area contributed by atoms with Crippen LogP contribution in [0.1, 0.15) is 10.4 Å². The van der Waals surface area contributed by atoms with Gasteiger partial charge in [-0.3, -0.25) is 9.59 Å². The average Bonchev–Trinajstić information content (AvgIpc) is 2.20. The maximum atomic E-state index is 11.4. The largest absolute Gasteiger partial charge is 0.478 e. The van der Waals surface area contributed by atoms with Gasteiger partial charge in [-0.1, -0.05) is 0 Å². The zero-order valence-corrected chi connectivity index (χ0v) is 9.01. The molecule has 0 radical (unpaired) electrons. The zero-order chi connectivity index (χ0) is 12.3. The van der Waals surface area contributed by atoms with Gasteiger partial charge in [-0.15, -0.1) is 0 Å². The van der Waals surface area contributed by atoms with E-state index in [1.165, 1.54) is 11.0 Å². The highest BCUT2D eigenvalue weighted by Crippen LogP contribution is 1.96. The third kappa shape index (κ3) is 2.69. The van der Waals surface area contributed by atoms with Gasteiger partial charge in [-0.05, 0) is 6.07 Å². The summed E-state index contributed by atoms with van der Waals surface area (Å²) in [6, 6.07) is 2.34. The van der Waals surface area contributed by atoms with Crippen LogP contribution < -0.4 is 5.56 Å². The van der Waals surface area contributed by atoms with Gasteiger partial charge in [0.15, 0.2) is 0 Å². The van der Waals surface area contributed by atoms with E-state index in [2.05, 4.69) is 0 Å².